The normalized spacial score (nSPS) is 10.9. The highest BCUT2D eigenvalue weighted by Crippen LogP contribution is 2.31. The molecule has 0 amide bonds. The van der Waals surface area contributed by atoms with Crippen molar-refractivity contribution in [2.75, 3.05) is 0 Å². The van der Waals surface area contributed by atoms with Gasteiger partial charge in [-0.1, -0.05) is 25.4 Å². The Labute approximate surface area is 115 Å². The van der Waals surface area contributed by atoms with Gasteiger partial charge >= 0.3 is 5.69 Å². The first-order chi connectivity index (χ1) is 9.00. The Hall–Kier alpha value is -1.95. The van der Waals surface area contributed by atoms with Gasteiger partial charge in [0, 0.05) is 18.8 Å². The maximum atomic E-state index is 11.1. The predicted octanol–water partition coefficient (Wildman–Crippen LogP) is 3.03. The highest BCUT2D eigenvalue weighted by Gasteiger charge is 2.27. The molecule has 6 nitrogen and oxygen atoms in total. The Morgan fingerprint density at radius 3 is 2.58 bits per heavy atom. The van der Waals surface area contributed by atoms with E-state index in [1.165, 1.54) is 4.68 Å². The third-order valence-electron chi connectivity index (χ3n) is 2.57. The van der Waals surface area contributed by atoms with Gasteiger partial charge in [-0.3, -0.25) is 15.1 Å². The van der Waals surface area contributed by atoms with E-state index < -0.39 is 4.92 Å². The summed E-state index contributed by atoms with van der Waals surface area (Å²) < 4.78 is 1.37. The Balaban J connectivity index is 2.55. The molecule has 0 saturated carbocycles. The van der Waals surface area contributed by atoms with Gasteiger partial charge in [0.1, 0.15) is 5.69 Å². The van der Waals surface area contributed by atoms with E-state index >= 15 is 0 Å². The molecule has 0 unspecified atom stereocenters. The third kappa shape index (κ3) is 2.73. The van der Waals surface area contributed by atoms with Gasteiger partial charge in [0.2, 0.25) is 5.15 Å². The van der Waals surface area contributed by atoms with E-state index in [0.29, 0.717) is 17.8 Å². The van der Waals surface area contributed by atoms with Crippen molar-refractivity contribution in [3.63, 3.8) is 0 Å². The van der Waals surface area contributed by atoms with Crippen molar-refractivity contribution in [1.29, 1.82) is 0 Å². The summed E-state index contributed by atoms with van der Waals surface area (Å²) in [6, 6.07) is 3.39. The maximum absolute atomic E-state index is 11.1. The summed E-state index contributed by atoms with van der Waals surface area (Å²) in [6.45, 7) is 3.95. The van der Waals surface area contributed by atoms with E-state index in [-0.39, 0.29) is 16.8 Å². The van der Waals surface area contributed by atoms with Crippen LogP contribution < -0.4 is 0 Å². The second-order valence-corrected chi connectivity index (χ2v) is 4.92. The molecule has 2 aromatic heterocycles. The van der Waals surface area contributed by atoms with Crippen LogP contribution in [0, 0.1) is 16.0 Å². The minimum Gasteiger partial charge on any atom is -0.265 e. The molecule has 0 saturated heterocycles. The van der Waals surface area contributed by atoms with Crippen LogP contribution in [0.25, 0.3) is 5.69 Å². The van der Waals surface area contributed by atoms with E-state index in [1.54, 1.807) is 24.5 Å². The van der Waals surface area contributed by atoms with Crippen molar-refractivity contribution in [3.8, 4) is 5.69 Å². The minimum atomic E-state index is -0.481. The van der Waals surface area contributed by atoms with Gasteiger partial charge < -0.3 is 0 Å². The molecule has 2 aromatic rings. The summed E-state index contributed by atoms with van der Waals surface area (Å²) in [6.07, 6.45) is 3.68. The largest absolute Gasteiger partial charge is 0.329 e. The third-order valence-corrected chi connectivity index (χ3v) is 2.91. The van der Waals surface area contributed by atoms with Gasteiger partial charge in [-0.05, 0) is 18.1 Å². The zero-order valence-electron chi connectivity index (χ0n) is 10.6. The van der Waals surface area contributed by atoms with Crippen molar-refractivity contribution < 1.29 is 4.92 Å². The highest BCUT2D eigenvalue weighted by atomic mass is 35.5. The van der Waals surface area contributed by atoms with Crippen molar-refractivity contribution in [2.45, 2.75) is 20.3 Å². The van der Waals surface area contributed by atoms with E-state index in [9.17, 15) is 10.1 Å². The second kappa shape index (κ2) is 5.36. The Morgan fingerprint density at radius 2 is 2.05 bits per heavy atom. The van der Waals surface area contributed by atoms with Crippen molar-refractivity contribution >= 4 is 17.3 Å². The summed E-state index contributed by atoms with van der Waals surface area (Å²) in [7, 11) is 0. The standard InChI is InChI=1S/C12H13ClN4O2/c1-8(2)7-10-11(17(18)19)12(13)16(15-10)9-3-5-14-6-4-9/h3-6,8H,7H2,1-2H3. The average molecular weight is 281 g/mol. The van der Waals surface area contributed by atoms with Crippen LogP contribution in [0.4, 0.5) is 5.69 Å². The molecule has 0 atom stereocenters. The number of aromatic nitrogens is 3. The number of pyridine rings is 1. The molecular weight excluding hydrogens is 268 g/mol. The summed E-state index contributed by atoms with van der Waals surface area (Å²) in [5.74, 6) is 0.260. The minimum absolute atomic E-state index is 0.0202. The number of halogens is 1. The Kier molecular flexibility index (Phi) is 3.80. The van der Waals surface area contributed by atoms with Gasteiger partial charge in [0.15, 0.2) is 0 Å². The van der Waals surface area contributed by atoms with Crippen LogP contribution in [-0.4, -0.2) is 19.7 Å². The number of hydrogen-bond acceptors (Lipinski definition) is 4. The maximum Gasteiger partial charge on any atom is 0.329 e. The lowest BCUT2D eigenvalue weighted by Gasteiger charge is -2.01. The molecule has 0 N–H and O–H groups in total. The molecule has 0 fully saturated rings. The average Bonchev–Trinajstić information content (AvgIpc) is 2.66. The summed E-state index contributed by atoms with van der Waals surface area (Å²) >= 11 is 6.08. The Morgan fingerprint density at radius 1 is 1.42 bits per heavy atom. The van der Waals surface area contributed by atoms with Crippen molar-refractivity contribution in [1.82, 2.24) is 14.8 Å². The molecule has 0 aromatic carbocycles. The summed E-state index contributed by atoms with van der Waals surface area (Å²) in [5, 5.41) is 15.4. The van der Waals surface area contributed by atoms with Crippen LogP contribution in [0.2, 0.25) is 5.15 Å². The zero-order chi connectivity index (χ0) is 14.0. The van der Waals surface area contributed by atoms with Gasteiger partial charge in [-0.2, -0.15) is 5.10 Å². The fraction of sp³-hybridized carbons (Fsp3) is 0.333. The molecule has 0 bridgehead atoms. The Bertz CT molecular complexity index is 595. The highest BCUT2D eigenvalue weighted by molar-refractivity contribution is 6.32. The van der Waals surface area contributed by atoms with Crippen LogP contribution in [0.3, 0.4) is 0 Å². The SMILES string of the molecule is CC(C)Cc1nn(-c2ccncc2)c(Cl)c1[N+](=O)[O-]. The summed E-state index contributed by atoms with van der Waals surface area (Å²) in [5.41, 5.74) is 0.937. The molecule has 2 heterocycles. The van der Waals surface area contributed by atoms with E-state index in [0.717, 1.165) is 0 Å². The van der Waals surface area contributed by atoms with Crippen molar-refractivity contribution in [2.24, 2.45) is 5.92 Å². The molecule has 0 radical (unpaired) electrons. The van der Waals surface area contributed by atoms with E-state index in [4.69, 9.17) is 11.6 Å². The van der Waals surface area contributed by atoms with Crippen LogP contribution in [0.15, 0.2) is 24.5 Å². The lowest BCUT2D eigenvalue weighted by atomic mass is 10.1. The fourth-order valence-electron chi connectivity index (χ4n) is 1.79. The lowest BCUT2D eigenvalue weighted by molar-refractivity contribution is -0.385. The van der Waals surface area contributed by atoms with Crippen LogP contribution in [-0.2, 0) is 6.42 Å². The first-order valence-electron chi connectivity index (χ1n) is 5.83. The molecule has 7 heteroatoms. The van der Waals surface area contributed by atoms with E-state index in [1.807, 2.05) is 13.8 Å². The first kappa shape index (κ1) is 13.5. The number of nitro groups is 1. The lowest BCUT2D eigenvalue weighted by Crippen LogP contribution is -2.00. The van der Waals surface area contributed by atoms with Crippen molar-refractivity contribution in [3.05, 3.63) is 45.5 Å². The monoisotopic (exact) mass is 280 g/mol. The van der Waals surface area contributed by atoms with Crippen LogP contribution in [0.1, 0.15) is 19.5 Å². The first-order valence-corrected chi connectivity index (χ1v) is 6.20. The van der Waals surface area contributed by atoms with Gasteiger partial charge in [0.25, 0.3) is 0 Å². The molecule has 100 valence electrons. The topological polar surface area (TPSA) is 73.8 Å². The van der Waals surface area contributed by atoms with Gasteiger partial charge in [0.05, 0.1) is 10.6 Å². The zero-order valence-corrected chi connectivity index (χ0v) is 11.3. The summed E-state index contributed by atoms with van der Waals surface area (Å²) in [4.78, 5) is 14.5. The van der Waals surface area contributed by atoms with E-state index in [2.05, 4.69) is 10.1 Å². The molecule has 19 heavy (non-hydrogen) atoms. The number of nitrogens with zero attached hydrogens (tertiary/aromatic N) is 4. The fourth-order valence-corrected chi connectivity index (χ4v) is 2.11. The molecule has 2 rings (SSSR count). The smallest absolute Gasteiger partial charge is 0.265 e. The van der Waals surface area contributed by atoms with Crippen LogP contribution >= 0.6 is 11.6 Å². The molecule has 0 spiro atoms. The predicted molar refractivity (Wildman–Crippen MR) is 71.6 cm³/mol. The van der Waals surface area contributed by atoms with Crippen LogP contribution in [0.5, 0.6) is 0 Å². The second-order valence-electron chi connectivity index (χ2n) is 4.56. The van der Waals surface area contributed by atoms with Gasteiger partial charge in [-0.25, -0.2) is 4.68 Å². The van der Waals surface area contributed by atoms with Gasteiger partial charge in [-0.15, -0.1) is 0 Å². The molecular formula is C12H13ClN4O2. The molecule has 0 aliphatic rings. The quantitative estimate of drug-likeness (QED) is 0.637. The number of rotatable bonds is 4. The molecule has 0 aliphatic carbocycles. The molecule has 0 aliphatic heterocycles. The number of hydrogen-bond donors (Lipinski definition) is 0.